The summed E-state index contributed by atoms with van der Waals surface area (Å²) in [7, 11) is 0. The quantitative estimate of drug-likeness (QED) is 0.575. The maximum Gasteiger partial charge on any atom is 0.263 e. The zero-order chi connectivity index (χ0) is 19.0. The van der Waals surface area contributed by atoms with Crippen LogP contribution in [0.15, 0.2) is 9.95 Å². The first kappa shape index (κ1) is 19.0. The molecule has 2 aromatic heterocycles. The topological polar surface area (TPSA) is 64.4 Å². The van der Waals surface area contributed by atoms with Crippen LogP contribution in [0.25, 0.3) is 10.2 Å². The van der Waals surface area contributed by atoms with E-state index in [1.807, 2.05) is 23.3 Å². The molecule has 1 saturated heterocycles. The molecule has 2 aliphatic rings. The van der Waals surface area contributed by atoms with Crippen molar-refractivity contribution >= 4 is 39.2 Å². The van der Waals surface area contributed by atoms with Crippen LogP contribution in [0.3, 0.4) is 0 Å². The van der Waals surface area contributed by atoms with E-state index in [0.29, 0.717) is 37.2 Å². The van der Waals surface area contributed by atoms with Crippen molar-refractivity contribution < 1.29 is 9.53 Å². The molecular weight excluding hydrogens is 382 g/mol. The lowest BCUT2D eigenvalue weighted by Crippen LogP contribution is -2.41. The van der Waals surface area contributed by atoms with Gasteiger partial charge in [0.2, 0.25) is 5.91 Å². The average molecular weight is 408 g/mol. The highest BCUT2D eigenvalue weighted by Gasteiger charge is 2.26. The van der Waals surface area contributed by atoms with Crippen molar-refractivity contribution in [2.75, 3.05) is 32.1 Å². The Hall–Kier alpha value is -1.38. The second kappa shape index (κ2) is 7.93. The van der Waals surface area contributed by atoms with Crippen molar-refractivity contribution in [1.29, 1.82) is 0 Å². The number of amides is 1. The van der Waals surface area contributed by atoms with E-state index in [-0.39, 0.29) is 17.5 Å². The number of morpholine rings is 1. The molecule has 1 aliphatic carbocycles. The van der Waals surface area contributed by atoms with Crippen molar-refractivity contribution in [2.45, 2.75) is 50.7 Å². The molecule has 6 nitrogen and oxygen atoms in total. The highest BCUT2D eigenvalue weighted by molar-refractivity contribution is 7.99. The summed E-state index contributed by atoms with van der Waals surface area (Å²) < 4.78 is 7.20. The van der Waals surface area contributed by atoms with E-state index in [0.717, 1.165) is 46.3 Å². The number of thiophene rings is 1. The van der Waals surface area contributed by atoms with Crippen LogP contribution in [0.1, 0.15) is 42.2 Å². The molecule has 1 amide bonds. The number of nitrogens with zero attached hydrogens (tertiary/aromatic N) is 3. The fraction of sp³-hybridized carbons (Fsp3) is 0.632. The smallest absolute Gasteiger partial charge is 0.263 e. The molecule has 2 fully saturated rings. The largest absolute Gasteiger partial charge is 0.378 e. The van der Waals surface area contributed by atoms with E-state index < -0.39 is 0 Å². The minimum atomic E-state index is 0.0649. The molecule has 8 heteroatoms. The molecule has 4 rings (SSSR count). The Balaban J connectivity index is 1.66. The third-order valence-electron chi connectivity index (χ3n) is 5.58. The van der Waals surface area contributed by atoms with Gasteiger partial charge in [0.15, 0.2) is 5.16 Å². The second-order valence-electron chi connectivity index (χ2n) is 7.25. The number of thioether (sulfide) groups is 1. The van der Waals surface area contributed by atoms with Crippen LogP contribution in [-0.2, 0) is 9.53 Å². The highest BCUT2D eigenvalue weighted by Crippen LogP contribution is 2.34. The maximum atomic E-state index is 13.3. The van der Waals surface area contributed by atoms with Gasteiger partial charge in [-0.25, -0.2) is 4.98 Å². The molecule has 0 radical (unpaired) electrons. The molecule has 1 saturated carbocycles. The fourth-order valence-electron chi connectivity index (χ4n) is 3.90. The molecule has 0 atom stereocenters. The standard InChI is InChI=1S/C19H25N3O3S2/c1-12-13(2)27-17-16(12)18(24)22(14-5-3-4-6-14)19(20-17)26-11-15(23)21-7-9-25-10-8-21/h14H,3-11H2,1-2H3. The normalized spacial score (nSPS) is 18.5. The first-order valence-electron chi connectivity index (χ1n) is 9.57. The SMILES string of the molecule is Cc1sc2nc(SCC(=O)N3CCOCC3)n(C3CCCC3)c(=O)c2c1C. The number of carbonyl (C=O) groups excluding carboxylic acids is 1. The predicted octanol–water partition coefficient (Wildman–Crippen LogP) is 3.14. The van der Waals surface area contributed by atoms with Gasteiger partial charge < -0.3 is 9.64 Å². The lowest BCUT2D eigenvalue weighted by Gasteiger charge is -2.27. The summed E-state index contributed by atoms with van der Waals surface area (Å²) in [6.07, 6.45) is 4.32. The minimum absolute atomic E-state index is 0.0649. The van der Waals surface area contributed by atoms with Crippen LogP contribution in [-0.4, -0.2) is 52.4 Å². The number of hydrogen-bond acceptors (Lipinski definition) is 6. The summed E-state index contributed by atoms with van der Waals surface area (Å²) in [5, 5.41) is 1.45. The highest BCUT2D eigenvalue weighted by atomic mass is 32.2. The van der Waals surface area contributed by atoms with Gasteiger partial charge in [0.25, 0.3) is 5.56 Å². The molecule has 0 aromatic carbocycles. The van der Waals surface area contributed by atoms with Crippen molar-refractivity contribution in [3.05, 3.63) is 20.8 Å². The first-order valence-corrected chi connectivity index (χ1v) is 11.4. The summed E-state index contributed by atoms with van der Waals surface area (Å²) in [6.45, 7) is 6.53. The molecule has 27 heavy (non-hydrogen) atoms. The minimum Gasteiger partial charge on any atom is -0.378 e. The Morgan fingerprint density at radius 2 is 1.96 bits per heavy atom. The Morgan fingerprint density at radius 3 is 2.67 bits per heavy atom. The zero-order valence-corrected chi connectivity index (χ0v) is 17.5. The second-order valence-corrected chi connectivity index (χ2v) is 9.40. The van der Waals surface area contributed by atoms with Crippen LogP contribution in [0, 0.1) is 13.8 Å². The fourth-order valence-corrected chi connectivity index (χ4v) is 5.94. The van der Waals surface area contributed by atoms with Gasteiger partial charge in [0, 0.05) is 24.0 Å². The van der Waals surface area contributed by atoms with E-state index in [1.165, 1.54) is 11.8 Å². The Morgan fingerprint density at radius 1 is 1.26 bits per heavy atom. The van der Waals surface area contributed by atoms with E-state index in [9.17, 15) is 9.59 Å². The monoisotopic (exact) mass is 407 g/mol. The lowest BCUT2D eigenvalue weighted by atomic mass is 10.2. The molecule has 3 heterocycles. The number of aryl methyl sites for hydroxylation is 2. The summed E-state index contributed by atoms with van der Waals surface area (Å²) >= 11 is 2.98. The lowest BCUT2D eigenvalue weighted by molar-refractivity contribution is -0.132. The van der Waals surface area contributed by atoms with Gasteiger partial charge in [-0.2, -0.15) is 0 Å². The molecule has 1 aliphatic heterocycles. The van der Waals surface area contributed by atoms with Gasteiger partial charge in [0.1, 0.15) is 4.83 Å². The Bertz CT molecular complexity index is 909. The maximum absolute atomic E-state index is 13.3. The number of rotatable bonds is 4. The van der Waals surface area contributed by atoms with Crippen LogP contribution in [0.5, 0.6) is 0 Å². The number of carbonyl (C=O) groups is 1. The van der Waals surface area contributed by atoms with Crippen molar-refractivity contribution in [3.8, 4) is 0 Å². The number of ether oxygens (including phenoxy) is 1. The molecule has 0 spiro atoms. The van der Waals surface area contributed by atoms with Crippen LogP contribution in [0.4, 0.5) is 0 Å². The van der Waals surface area contributed by atoms with Gasteiger partial charge in [-0.05, 0) is 32.3 Å². The molecule has 0 N–H and O–H groups in total. The molecule has 146 valence electrons. The third kappa shape index (κ3) is 3.67. The number of aromatic nitrogens is 2. The number of fused-ring (bicyclic) bond motifs is 1. The van der Waals surface area contributed by atoms with E-state index in [4.69, 9.17) is 9.72 Å². The number of hydrogen-bond donors (Lipinski definition) is 0. The van der Waals surface area contributed by atoms with Gasteiger partial charge in [0.05, 0.1) is 24.4 Å². The van der Waals surface area contributed by atoms with E-state index >= 15 is 0 Å². The predicted molar refractivity (Wildman–Crippen MR) is 109 cm³/mol. The average Bonchev–Trinajstić information content (AvgIpc) is 3.29. The van der Waals surface area contributed by atoms with Gasteiger partial charge in [-0.1, -0.05) is 24.6 Å². The summed E-state index contributed by atoms with van der Waals surface area (Å²) in [6, 6.07) is 0.204. The summed E-state index contributed by atoms with van der Waals surface area (Å²) in [5.74, 6) is 0.405. The van der Waals surface area contributed by atoms with Crippen LogP contribution in [0.2, 0.25) is 0 Å². The zero-order valence-electron chi connectivity index (χ0n) is 15.8. The van der Waals surface area contributed by atoms with Crippen molar-refractivity contribution in [2.24, 2.45) is 0 Å². The van der Waals surface area contributed by atoms with Gasteiger partial charge in [-0.3, -0.25) is 14.2 Å². The van der Waals surface area contributed by atoms with Crippen LogP contribution < -0.4 is 5.56 Å². The van der Waals surface area contributed by atoms with E-state index in [1.54, 1.807) is 11.3 Å². The van der Waals surface area contributed by atoms with Crippen molar-refractivity contribution in [1.82, 2.24) is 14.5 Å². The molecule has 2 aromatic rings. The first-order chi connectivity index (χ1) is 13.1. The van der Waals surface area contributed by atoms with Crippen molar-refractivity contribution in [3.63, 3.8) is 0 Å². The summed E-state index contributed by atoms with van der Waals surface area (Å²) in [4.78, 5) is 34.5. The van der Waals surface area contributed by atoms with Crippen LogP contribution >= 0.6 is 23.1 Å². The Kier molecular flexibility index (Phi) is 5.57. The third-order valence-corrected chi connectivity index (χ3v) is 7.62. The van der Waals surface area contributed by atoms with E-state index in [2.05, 4.69) is 0 Å². The van der Waals surface area contributed by atoms with Gasteiger partial charge >= 0.3 is 0 Å². The Labute approximate surface area is 166 Å². The molecular formula is C19H25N3O3S2. The van der Waals surface area contributed by atoms with Gasteiger partial charge in [-0.15, -0.1) is 11.3 Å². The molecule has 0 bridgehead atoms. The summed E-state index contributed by atoms with van der Waals surface area (Å²) in [5.41, 5.74) is 1.11. The molecule has 0 unspecified atom stereocenters.